The molecular weight excluding hydrogens is 324 g/mol. The van der Waals surface area contributed by atoms with Gasteiger partial charge in [0.2, 0.25) is 5.91 Å². The first kappa shape index (κ1) is 16.3. The van der Waals surface area contributed by atoms with E-state index in [9.17, 15) is 14.4 Å². The van der Waals surface area contributed by atoms with E-state index in [2.05, 4.69) is 5.32 Å². The van der Waals surface area contributed by atoms with Gasteiger partial charge >= 0.3 is 0 Å². The molecule has 0 radical (unpaired) electrons. The van der Waals surface area contributed by atoms with Crippen LogP contribution < -0.4 is 10.2 Å². The summed E-state index contributed by atoms with van der Waals surface area (Å²) < 4.78 is 0. The Bertz CT molecular complexity index is 782. The maximum Gasteiger partial charge on any atom is 0.266 e. The largest absolute Gasteiger partial charge is 0.325 e. The molecule has 0 saturated heterocycles. The van der Waals surface area contributed by atoms with Crippen LogP contribution in [0.5, 0.6) is 0 Å². The predicted molar refractivity (Wildman–Crippen MR) is 95.6 cm³/mol. The van der Waals surface area contributed by atoms with Crippen molar-refractivity contribution in [2.24, 2.45) is 0 Å². The highest BCUT2D eigenvalue weighted by Crippen LogP contribution is 2.29. The van der Waals surface area contributed by atoms with Gasteiger partial charge in [-0.25, -0.2) is 4.90 Å². The van der Waals surface area contributed by atoms with Crippen LogP contribution >= 0.6 is 11.8 Å². The SMILES string of the molecule is CS[C@H](C)C(=O)Nc1ccc(N2C(=O)c3ccccc3C2=O)cc1. The molecule has 1 N–H and O–H groups in total. The fraction of sp³-hybridized carbons (Fsp3) is 0.167. The first-order valence-electron chi connectivity index (χ1n) is 7.44. The van der Waals surface area contributed by atoms with Gasteiger partial charge < -0.3 is 5.32 Å². The number of anilines is 2. The first-order valence-corrected chi connectivity index (χ1v) is 8.73. The van der Waals surface area contributed by atoms with Crippen molar-refractivity contribution >= 4 is 40.9 Å². The van der Waals surface area contributed by atoms with Crippen LogP contribution in [0.4, 0.5) is 11.4 Å². The molecule has 0 bridgehead atoms. The molecule has 0 saturated carbocycles. The number of nitrogens with one attached hydrogen (secondary N) is 1. The minimum Gasteiger partial charge on any atom is -0.325 e. The van der Waals surface area contributed by atoms with E-state index in [1.54, 1.807) is 48.5 Å². The number of carbonyl (C=O) groups excluding carboxylic acids is 3. The number of rotatable bonds is 4. The molecule has 1 heterocycles. The minimum absolute atomic E-state index is 0.0871. The number of hydrogen-bond donors (Lipinski definition) is 1. The molecule has 2 aromatic carbocycles. The third-order valence-electron chi connectivity index (χ3n) is 3.91. The summed E-state index contributed by atoms with van der Waals surface area (Å²) >= 11 is 1.46. The Labute approximate surface area is 144 Å². The Morgan fingerprint density at radius 2 is 1.54 bits per heavy atom. The Hall–Kier alpha value is -2.60. The molecule has 2 aromatic rings. The van der Waals surface area contributed by atoms with Gasteiger partial charge in [-0.15, -0.1) is 0 Å². The van der Waals surface area contributed by atoms with Crippen molar-refractivity contribution in [2.45, 2.75) is 12.2 Å². The van der Waals surface area contributed by atoms with Crippen LogP contribution in [-0.4, -0.2) is 29.2 Å². The Morgan fingerprint density at radius 1 is 1.00 bits per heavy atom. The summed E-state index contributed by atoms with van der Waals surface area (Å²) in [6.45, 7) is 1.83. The van der Waals surface area contributed by atoms with Crippen molar-refractivity contribution in [3.8, 4) is 0 Å². The molecule has 3 rings (SSSR count). The quantitative estimate of drug-likeness (QED) is 0.868. The van der Waals surface area contributed by atoms with E-state index in [4.69, 9.17) is 0 Å². The van der Waals surface area contributed by atoms with E-state index in [-0.39, 0.29) is 23.0 Å². The van der Waals surface area contributed by atoms with Gasteiger partial charge in [0.05, 0.1) is 22.1 Å². The number of nitrogens with zero attached hydrogens (tertiary/aromatic N) is 1. The molecule has 1 aliphatic heterocycles. The zero-order valence-electron chi connectivity index (χ0n) is 13.3. The van der Waals surface area contributed by atoms with E-state index in [1.807, 2.05) is 13.2 Å². The van der Waals surface area contributed by atoms with Crippen LogP contribution in [0.2, 0.25) is 0 Å². The molecule has 0 fully saturated rings. The fourth-order valence-corrected chi connectivity index (χ4v) is 2.74. The van der Waals surface area contributed by atoms with Gasteiger partial charge in [0.15, 0.2) is 0 Å². The minimum atomic E-state index is -0.330. The average molecular weight is 340 g/mol. The number of imide groups is 1. The van der Waals surface area contributed by atoms with Gasteiger partial charge in [0.1, 0.15) is 0 Å². The van der Waals surface area contributed by atoms with Gasteiger partial charge in [0, 0.05) is 5.69 Å². The van der Waals surface area contributed by atoms with Crippen molar-refractivity contribution in [2.75, 3.05) is 16.5 Å². The smallest absolute Gasteiger partial charge is 0.266 e. The average Bonchev–Trinajstić information content (AvgIpc) is 2.86. The summed E-state index contributed by atoms with van der Waals surface area (Å²) in [4.78, 5) is 37.9. The summed E-state index contributed by atoms with van der Waals surface area (Å²) in [5, 5.41) is 2.65. The van der Waals surface area contributed by atoms with Gasteiger partial charge in [-0.1, -0.05) is 12.1 Å². The van der Waals surface area contributed by atoms with Crippen molar-refractivity contribution in [3.63, 3.8) is 0 Å². The van der Waals surface area contributed by atoms with E-state index in [0.29, 0.717) is 22.5 Å². The Kier molecular flexibility index (Phi) is 4.40. The maximum atomic E-state index is 12.4. The monoisotopic (exact) mass is 340 g/mol. The Balaban J connectivity index is 1.81. The van der Waals surface area contributed by atoms with Crippen molar-refractivity contribution < 1.29 is 14.4 Å². The Morgan fingerprint density at radius 3 is 2.04 bits per heavy atom. The van der Waals surface area contributed by atoms with E-state index >= 15 is 0 Å². The third kappa shape index (κ3) is 2.80. The molecule has 0 aromatic heterocycles. The molecule has 0 unspecified atom stereocenters. The number of thioether (sulfide) groups is 1. The third-order valence-corrected chi connectivity index (χ3v) is 4.83. The number of fused-ring (bicyclic) bond motifs is 1. The van der Waals surface area contributed by atoms with Gasteiger partial charge in [0.25, 0.3) is 11.8 Å². The highest BCUT2D eigenvalue weighted by molar-refractivity contribution is 7.99. The molecule has 6 heteroatoms. The lowest BCUT2D eigenvalue weighted by molar-refractivity contribution is -0.115. The molecule has 1 aliphatic rings. The second-order valence-corrected chi connectivity index (χ2v) is 6.58. The number of hydrogen-bond acceptors (Lipinski definition) is 4. The van der Waals surface area contributed by atoms with Gasteiger partial charge in [-0.3, -0.25) is 14.4 Å². The predicted octanol–water partition coefficient (Wildman–Crippen LogP) is 3.18. The zero-order chi connectivity index (χ0) is 17.3. The fourth-order valence-electron chi connectivity index (χ4n) is 2.47. The van der Waals surface area contributed by atoms with Gasteiger partial charge in [-0.05, 0) is 49.6 Å². The van der Waals surface area contributed by atoms with E-state index in [1.165, 1.54) is 11.8 Å². The molecule has 1 atom stereocenters. The molecule has 0 aliphatic carbocycles. The lowest BCUT2D eigenvalue weighted by Crippen LogP contribution is -2.29. The molecule has 122 valence electrons. The molecule has 3 amide bonds. The zero-order valence-corrected chi connectivity index (χ0v) is 14.1. The topological polar surface area (TPSA) is 66.5 Å². The second-order valence-electron chi connectivity index (χ2n) is 5.41. The summed E-state index contributed by atoms with van der Waals surface area (Å²) in [7, 11) is 0. The van der Waals surface area contributed by atoms with Crippen LogP contribution in [0.1, 0.15) is 27.6 Å². The maximum absolute atomic E-state index is 12.4. The van der Waals surface area contributed by atoms with Crippen LogP contribution in [0.15, 0.2) is 48.5 Å². The second kappa shape index (κ2) is 6.49. The van der Waals surface area contributed by atoms with Gasteiger partial charge in [-0.2, -0.15) is 11.8 Å². The van der Waals surface area contributed by atoms with Crippen molar-refractivity contribution in [1.82, 2.24) is 0 Å². The molecule has 5 nitrogen and oxygen atoms in total. The summed E-state index contributed by atoms with van der Waals surface area (Å²) in [5.41, 5.74) is 1.93. The lowest BCUT2D eigenvalue weighted by atomic mass is 10.1. The first-order chi connectivity index (χ1) is 11.5. The number of carbonyl (C=O) groups is 3. The highest BCUT2D eigenvalue weighted by Gasteiger charge is 2.36. The number of benzene rings is 2. The normalized spacial score (nSPS) is 14.5. The molecule has 24 heavy (non-hydrogen) atoms. The van der Waals surface area contributed by atoms with E-state index in [0.717, 1.165) is 4.90 Å². The van der Waals surface area contributed by atoms with Crippen LogP contribution in [-0.2, 0) is 4.79 Å². The lowest BCUT2D eigenvalue weighted by Gasteiger charge is -2.15. The summed E-state index contributed by atoms with van der Waals surface area (Å²) in [6, 6.07) is 13.4. The summed E-state index contributed by atoms with van der Waals surface area (Å²) in [6.07, 6.45) is 1.87. The van der Waals surface area contributed by atoms with Crippen LogP contribution in [0, 0.1) is 0 Å². The van der Waals surface area contributed by atoms with Crippen molar-refractivity contribution in [3.05, 3.63) is 59.7 Å². The van der Waals surface area contributed by atoms with Crippen LogP contribution in [0.25, 0.3) is 0 Å². The van der Waals surface area contributed by atoms with Crippen LogP contribution in [0.3, 0.4) is 0 Å². The summed E-state index contributed by atoms with van der Waals surface area (Å²) in [5.74, 6) is -0.747. The molecular formula is C18H16N2O3S. The standard InChI is InChI=1S/C18H16N2O3S/c1-11(24-2)16(21)19-12-7-9-13(10-8-12)20-17(22)14-5-3-4-6-15(14)18(20)23/h3-11H,1-2H3,(H,19,21)/t11-/m1/s1. The molecule has 0 spiro atoms. The number of amides is 3. The highest BCUT2D eigenvalue weighted by atomic mass is 32.2. The van der Waals surface area contributed by atoms with Crippen molar-refractivity contribution in [1.29, 1.82) is 0 Å². The van der Waals surface area contributed by atoms with E-state index < -0.39 is 0 Å².